The van der Waals surface area contributed by atoms with Gasteiger partial charge < -0.3 is 15.2 Å². The van der Waals surface area contributed by atoms with E-state index in [1.165, 1.54) is 31.2 Å². The van der Waals surface area contributed by atoms with Crippen molar-refractivity contribution >= 4 is 33.4 Å². The van der Waals surface area contributed by atoms with Gasteiger partial charge in [-0.25, -0.2) is 23.1 Å². The molecule has 1 aliphatic heterocycles. The molecule has 0 saturated heterocycles. The highest BCUT2D eigenvalue weighted by atomic mass is 32.2. The predicted octanol–water partition coefficient (Wildman–Crippen LogP) is 0.504. The van der Waals surface area contributed by atoms with Crippen molar-refractivity contribution in [2.45, 2.75) is 18.7 Å². The van der Waals surface area contributed by atoms with E-state index < -0.39 is 44.7 Å². The smallest absolute Gasteiger partial charge is 0.353 e. The third-order valence-corrected chi connectivity index (χ3v) is 4.20. The van der Waals surface area contributed by atoms with Gasteiger partial charge in [-0.15, -0.1) is 0 Å². The molecule has 0 saturated carbocycles. The van der Waals surface area contributed by atoms with Gasteiger partial charge in [0.2, 0.25) is 10.0 Å². The highest BCUT2D eigenvalue weighted by Crippen LogP contribution is 2.26. The van der Waals surface area contributed by atoms with Gasteiger partial charge in [0.1, 0.15) is 16.9 Å². The van der Waals surface area contributed by atoms with Crippen molar-refractivity contribution < 1.29 is 32.6 Å². The molecule has 132 valence electrons. The number of aliphatic hydroxyl groups is 1. The SMILES string of the molecule is CC(=O)C1=C(O)C(=C(C)Nc2cccc(S(N)(=O)=O)c2)C(=O)OC1=O. The zero-order chi connectivity index (χ0) is 18.9. The molecule has 0 bridgehead atoms. The van der Waals surface area contributed by atoms with E-state index in [1.807, 2.05) is 0 Å². The molecule has 9 nitrogen and oxygen atoms in total. The number of Topliss-reactive ketones (excluding diaryl/α,β-unsaturated/α-hetero) is 1. The summed E-state index contributed by atoms with van der Waals surface area (Å²) in [5, 5.41) is 17.8. The van der Waals surface area contributed by atoms with E-state index in [2.05, 4.69) is 10.1 Å². The lowest BCUT2D eigenvalue weighted by Crippen LogP contribution is -2.29. The number of hydrogen-bond acceptors (Lipinski definition) is 8. The summed E-state index contributed by atoms with van der Waals surface area (Å²) in [7, 11) is -3.93. The first-order valence-corrected chi connectivity index (χ1v) is 8.39. The fourth-order valence-corrected chi connectivity index (χ4v) is 2.74. The van der Waals surface area contributed by atoms with Crippen molar-refractivity contribution in [2.75, 3.05) is 5.32 Å². The number of nitrogens with two attached hydrogens (primary N) is 1. The average Bonchev–Trinajstić information content (AvgIpc) is 2.45. The van der Waals surface area contributed by atoms with Gasteiger partial charge in [0.15, 0.2) is 5.78 Å². The number of sulfonamides is 1. The molecule has 1 aromatic rings. The summed E-state index contributed by atoms with van der Waals surface area (Å²) < 4.78 is 27.2. The molecule has 2 rings (SSSR count). The molecule has 1 heterocycles. The second-order valence-corrected chi connectivity index (χ2v) is 6.72. The number of esters is 2. The molecule has 0 aliphatic carbocycles. The summed E-state index contributed by atoms with van der Waals surface area (Å²) in [6.45, 7) is 2.42. The maximum Gasteiger partial charge on any atom is 0.353 e. The fraction of sp³-hybridized carbons (Fsp3) is 0.133. The molecule has 1 aliphatic rings. The highest BCUT2D eigenvalue weighted by molar-refractivity contribution is 7.89. The van der Waals surface area contributed by atoms with E-state index in [9.17, 15) is 27.9 Å². The Morgan fingerprint density at radius 3 is 2.40 bits per heavy atom. The molecule has 0 atom stereocenters. The number of allylic oxidation sites excluding steroid dienone is 1. The van der Waals surface area contributed by atoms with Gasteiger partial charge in [0.05, 0.1) is 4.90 Å². The zero-order valence-corrected chi connectivity index (χ0v) is 14.0. The van der Waals surface area contributed by atoms with Crippen molar-refractivity contribution in [3.05, 3.63) is 46.9 Å². The Bertz CT molecular complexity index is 958. The molecule has 0 radical (unpaired) electrons. The molecule has 0 fully saturated rings. The first kappa shape index (κ1) is 18.4. The normalized spacial score (nSPS) is 17.2. The summed E-state index contributed by atoms with van der Waals surface area (Å²) in [5.74, 6) is -3.94. The van der Waals surface area contributed by atoms with E-state index in [0.717, 1.165) is 6.92 Å². The third kappa shape index (κ3) is 3.75. The Labute approximate surface area is 142 Å². The van der Waals surface area contributed by atoms with E-state index in [1.54, 1.807) is 0 Å². The van der Waals surface area contributed by atoms with Crippen LogP contribution in [0.15, 0.2) is 51.8 Å². The standard InChI is InChI=1S/C15H14N2O7S/c1-7(17-9-4-3-5-10(6-9)25(16,22)23)11-13(19)12(8(2)18)15(21)24-14(11)20/h3-6,17,19H,1-2H3,(H2,16,22,23). The summed E-state index contributed by atoms with van der Waals surface area (Å²) in [6, 6.07) is 5.40. The van der Waals surface area contributed by atoms with Crippen LogP contribution in [0.3, 0.4) is 0 Å². The van der Waals surface area contributed by atoms with E-state index in [-0.39, 0.29) is 16.3 Å². The second kappa shape index (κ2) is 6.49. The van der Waals surface area contributed by atoms with E-state index in [4.69, 9.17) is 5.14 Å². The molecular weight excluding hydrogens is 352 g/mol. The van der Waals surface area contributed by atoms with Gasteiger partial charge in [0, 0.05) is 11.4 Å². The third-order valence-electron chi connectivity index (χ3n) is 3.29. The topological polar surface area (TPSA) is 153 Å². The Balaban J connectivity index is 2.51. The molecule has 10 heteroatoms. The van der Waals surface area contributed by atoms with Crippen LogP contribution in [0.4, 0.5) is 5.69 Å². The summed E-state index contributed by atoms with van der Waals surface area (Å²) in [4.78, 5) is 34.7. The average molecular weight is 366 g/mol. The Morgan fingerprint density at radius 2 is 1.84 bits per heavy atom. The fourth-order valence-electron chi connectivity index (χ4n) is 2.18. The van der Waals surface area contributed by atoms with Crippen LogP contribution in [0.25, 0.3) is 0 Å². The number of carbonyl (C=O) groups excluding carboxylic acids is 3. The van der Waals surface area contributed by atoms with Crippen molar-refractivity contribution in [2.24, 2.45) is 5.14 Å². The second-order valence-electron chi connectivity index (χ2n) is 5.15. The quantitative estimate of drug-likeness (QED) is 0.301. The summed E-state index contributed by atoms with van der Waals surface area (Å²) in [6.07, 6.45) is 0. The van der Waals surface area contributed by atoms with Crippen molar-refractivity contribution in [3.63, 3.8) is 0 Å². The number of benzene rings is 1. The number of primary sulfonamides is 1. The van der Waals surface area contributed by atoms with Crippen LogP contribution >= 0.6 is 0 Å². The van der Waals surface area contributed by atoms with Gasteiger partial charge in [-0.1, -0.05) is 6.07 Å². The molecular formula is C15H14N2O7S. The number of anilines is 1. The maximum atomic E-state index is 11.9. The molecule has 0 aromatic heterocycles. The number of ketones is 1. The Morgan fingerprint density at radius 1 is 1.20 bits per heavy atom. The number of nitrogens with one attached hydrogen (secondary N) is 1. The van der Waals surface area contributed by atoms with E-state index >= 15 is 0 Å². The lowest BCUT2D eigenvalue weighted by atomic mass is 10.0. The molecule has 4 N–H and O–H groups in total. The molecule has 0 unspecified atom stereocenters. The van der Waals surface area contributed by atoms with Crippen molar-refractivity contribution in [1.82, 2.24) is 0 Å². The molecule has 25 heavy (non-hydrogen) atoms. The summed E-state index contributed by atoms with van der Waals surface area (Å²) >= 11 is 0. The van der Waals surface area contributed by atoms with Crippen molar-refractivity contribution in [1.29, 1.82) is 0 Å². The number of ether oxygens (including phenoxy) is 1. The number of aliphatic hydroxyl groups excluding tert-OH is 1. The zero-order valence-electron chi connectivity index (χ0n) is 13.2. The molecule has 1 aromatic carbocycles. The minimum absolute atomic E-state index is 0.0420. The lowest BCUT2D eigenvalue weighted by molar-refractivity contribution is -0.155. The first-order valence-electron chi connectivity index (χ1n) is 6.84. The summed E-state index contributed by atoms with van der Waals surface area (Å²) in [5.41, 5.74) is -0.765. The minimum Gasteiger partial charge on any atom is -0.506 e. The van der Waals surface area contributed by atoms with Gasteiger partial charge in [-0.05, 0) is 32.0 Å². The van der Waals surface area contributed by atoms with Gasteiger partial charge >= 0.3 is 11.9 Å². The van der Waals surface area contributed by atoms with Gasteiger partial charge in [-0.2, -0.15) is 0 Å². The van der Waals surface area contributed by atoms with Crippen LogP contribution in [0.2, 0.25) is 0 Å². The van der Waals surface area contributed by atoms with Crippen LogP contribution in [0, 0.1) is 0 Å². The molecule has 0 amide bonds. The molecule has 0 spiro atoms. The number of hydrogen-bond donors (Lipinski definition) is 3. The van der Waals surface area contributed by atoms with Crippen LogP contribution in [0.5, 0.6) is 0 Å². The maximum absolute atomic E-state index is 11.9. The Hall–Kier alpha value is -2.98. The first-order chi connectivity index (χ1) is 11.5. The van der Waals surface area contributed by atoms with Gasteiger partial charge in [0.25, 0.3) is 0 Å². The number of cyclic esters (lactones) is 2. The highest BCUT2D eigenvalue weighted by Gasteiger charge is 2.36. The lowest BCUT2D eigenvalue weighted by Gasteiger charge is -2.18. The van der Waals surface area contributed by atoms with E-state index in [0.29, 0.717) is 0 Å². The van der Waals surface area contributed by atoms with Crippen LogP contribution in [0.1, 0.15) is 13.8 Å². The van der Waals surface area contributed by atoms with Crippen LogP contribution < -0.4 is 10.5 Å². The number of rotatable bonds is 4. The Kier molecular flexibility index (Phi) is 4.77. The van der Waals surface area contributed by atoms with Crippen molar-refractivity contribution in [3.8, 4) is 0 Å². The monoisotopic (exact) mass is 366 g/mol. The predicted molar refractivity (Wildman–Crippen MR) is 85.6 cm³/mol. The number of carbonyl (C=O) groups is 3. The van der Waals surface area contributed by atoms with Crippen LogP contribution in [-0.4, -0.2) is 31.2 Å². The minimum atomic E-state index is -3.93. The van der Waals surface area contributed by atoms with Gasteiger partial charge in [-0.3, -0.25) is 4.79 Å². The van der Waals surface area contributed by atoms with Crippen LogP contribution in [-0.2, 0) is 29.1 Å². The largest absolute Gasteiger partial charge is 0.506 e.